The lowest BCUT2D eigenvalue weighted by Gasteiger charge is -2.12. The van der Waals surface area contributed by atoms with Crippen molar-refractivity contribution in [3.8, 4) is 17.6 Å². The van der Waals surface area contributed by atoms with Crippen molar-refractivity contribution in [3.63, 3.8) is 0 Å². The molecule has 2 rings (SSSR count). The maximum Gasteiger partial charge on any atom is 0.266 e. The van der Waals surface area contributed by atoms with Crippen LogP contribution in [0, 0.1) is 18.3 Å². The molecule has 1 amide bonds. The Labute approximate surface area is 171 Å². The minimum atomic E-state index is -0.521. The Morgan fingerprint density at radius 1 is 1.37 bits per heavy atom. The molecule has 0 bridgehead atoms. The normalized spacial score (nSPS) is 10.9. The highest BCUT2D eigenvalue weighted by Crippen LogP contribution is 2.37. The number of ether oxygens (including phenoxy) is 2. The van der Waals surface area contributed by atoms with E-state index in [-0.39, 0.29) is 5.57 Å². The number of hydrogen-bond donors (Lipinski definition) is 1. The average Bonchev–Trinajstić information content (AvgIpc) is 2.62. The summed E-state index contributed by atoms with van der Waals surface area (Å²) >= 11 is 9.39. The van der Waals surface area contributed by atoms with E-state index in [1.165, 1.54) is 6.08 Å². The van der Waals surface area contributed by atoms with Crippen molar-refractivity contribution in [2.24, 2.45) is 0 Å². The van der Waals surface area contributed by atoms with Crippen LogP contribution in [0.15, 0.2) is 40.4 Å². The molecule has 2 aromatic rings. The first kappa shape index (κ1) is 20.8. The summed E-state index contributed by atoms with van der Waals surface area (Å²) in [6, 6.07) is 10.6. The van der Waals surface area contributed by atoms with Gasteiger partial charge >= 0.3 is 0 Å². The first-order valence-electron chi connectivity index (χ1n) is 8.09. The second-order valence-electron chi connectivity index (χ2n) is 5.55. The van der Waals surface area contributed by atoms with Gasteiger partial charge in [0.1, 0.15) is 11.6 Å². The van der Waals surface area contributed by atoms with Crippen molar-refractivity contribution < 1.29 is 14.3 Å². The molecule has 0 aliphatic rings. The Balaban J connectivity index is 2.36. The van der Waals surface area contributed by atoms with Gasteiger partial charge in [0, 0.05) is 10.7 Å². The summed E-state index contributed by atoms with van der Waals surface area (Å²) in [4.78, 5) is 12.5. The molecular formula is C20H18BrClN2O3. The van der Waals surface area contributed by atoms with Crippen molar-refractivity contribution in [2.75, 3.05) is 19.0 Å². The van der Waals surface area contributed by atoms with Crippen molar-refractivity contribution in [1.82, 2.24) is 0 Å². The molecule has 5 nitrogen and oxygen atoms in total. The molecule has 1 N–H and O–H groups in total. The highest BCUT2D eigenvalue weighted by atomic mass is 79.9. The molecule has 0 saturated heterocycles. The second kappa shape index (κ2) is 9.45. The standard InChI is InChI=1S/C20H18BrClN2O3/c1-4-27-18-9-13(8-16(21)19(18)26-3)7-14(11-23)20(25)24-17-10-15(22)6-5-12(17)2/h5-10H,4H2,1-3H3,(H,24,25)/b14-7+. The largest absolute Gasteiger partial charge is 0.492 e. The lowest BCUT2D eigenvalue weighted by molar-refractivity contribution is -0.112. The van der Waals surface area contributed by atoms with Gasteiger partial charge in [0.2, 0.25) is 0 Å². The molecule has 0 heterocycles. The van der Waals surface area contributed by atoms with Crippen LogP contribution in [0.25, 0.3) is 6.08 Å². The molecule has 0 unspecified atom stereocenters. The molecular weight excluding hydrogens is 432 g/mol. The number of nitrogens with one attached hydrogen (secondary N) is 1. The number of hydrogen-bond acceptors (Lipinski definition) is 4. The van der Waals surface area contributed by atoms with Crippen LogP contribution >= 0.6 is 27.5 Å². The van der Waals surface area contributed by atoms with Crippen LogP contribution < -0.4 is 14.8 Å². The minimum absolute atomic E-state index is 0.0473. The summed E-state index contributed by atoms with van der Waals surface area (Å²) < 4.78 is 11.5. The fourth-order valence-corrected chi connectivity index (χ4v) is 3.16. The van der Waals surface area contributed by atoms with Crippen LogP contribution in [0.5, 0.6) is 11.5 Å². The van der Waals surface area contributed by atoms with Crippen LogP contribution in [0.3, 0.4) is 0 Å². The Kier molecular flexibility index (Phi) is 7.28. The van der Waals surface area contributed by atoms with Gasteiger partial charge in [0.25, 0.3) is 5.91 Å². The fourth-order valence-electron chi connectivity index (χ4n) is 2.37. The topological polar surface area (TPSA) is 71.3 Å². The second-order valence-corrected chi connectivity index (χ2v) is 6.84. The van der Waals surface area contributed by atoms with Gasteiger partial charge in [-0.15, -0.1) is 0 Å². The van der Waals surface area contributed by atoms with Gasteiger partial charge in [-0.2, -0.15) is 5.26 Å². The van der Waals surface area contributed by atoms with E-state index in [9.17, 15) is 10.1 Å². The molecule has 0 saturated carbocycles. The van der Waals surface area contributed by atoms with E-state index in [1.807, 2.05) is 19.9 Å². The number of carbonyl (C=O) groups is 1. The fraction of sp³-hybridized carbons (Fsp3) is 0.200. The summed E-state index contributed by atoms with van der Waals surface area (Å²) in [5, 5.41) is 12.6. The van der Waals surface area contributed by atoms with E-state index >= 15 is 0 Å². The molecule has 27 heavy (non-hydrogen) atoms. The number of amides is 1. The Hall–Kier alpha value is -2.49. The van der Waals surface area contributed by atoms with Crippen molar-refractivity contribution in [3.05, 3.63) is 56.5 Å². The van der Waals surface area contributed by atoms with Crippen molar-refractivity contribution in [1.29, 1.82) is 5.26 Å². The SMILES string of the molecule is CCOc1cc(/C=C(\C#N)C(=O)Nc2cc(Cl)ccc2C)cc(Br)c1OC. The number of benzene rings is 2. The zero-order valence-corrected chi connectivity index (χ0v) is 17.4. The van der Waals surface area contributed by atoms with Crippen LogP contribution in [0.2, 0.25) is 5.02 Å². The summed E-state index contributed by atoms with van der Waals surface area (Å²) in [6.45, 7) is 4.16. The monoisotopic (exact) mass is 448 g/mol. The number of anilines is 1. The Morgan fingerprint density at radius 2 is 2.11 bits per heavy atom. The number of halogens is 2. The maximum absolute atomic E-state index is 12.5. The molecule has 0 aliphatic heterocycles. The van der Waals surface area contributed by atoms with E-state index in [0.29, 0.717) is 38.9 Å². The highest BCUT2D eigenvalue weighted by molar-refractivity contribution is 9.10. The zero-order valence-electron chi connectivity index (χ0n) is 15.1. The molecule has 2 aromatic carbocycles. The third-order valence-corrected chi connectivity index (χ3v) is 4.48. The number of methoxy groups -OCH3 is 1. The lowest BCUT2D eigenvalue weighted by atomic mass is 10.1. The van der Waals surface area contributed by atoms with E-state index in [1.54, 1.807) is 37.4 Å². The van der Waals surface area contributed by atoms with E-state index in [4.69, 9.17) is 21.1 Å². The van der Waals surface area contributed by atoms with Crippen molar-refractivity contribution in [2.45, 2.75) is 13.8 Å². The summed E-state index contributed by atoms with van der Waals surface area (Å²) in [5.74, 6) is 0.545. The number of nitriles is 1. The lowest BCUT2D eigenvalue weighted by Crippen LogP contribution is -2.14. The molecule has 140 valence electrons. The number of carbonyl (C=O) groups excluding carboxylic acids is 1. The molecule has 0 aliphatic carbocycles. The third-order valence-electron chi connectivity index (χ3n) is 3.66. The quantitative estimate of drug-likeness (QED) is 0.476. The van der Waals surface area contributed by atoms with Crippen LogP contribution in [0.4, 0.5) is 5.69 Å². The third kappa shape index (κ3) is 5.25. The molecule has 7 heteroatoms. The minimum Gasteiger partial charge on any atom is -0.492 e. The first-order valence-corrected chi connectivity index (χ1v) is 9.26. The van der Waals surface area contributed by atoms with E-state index in [2.05, 4.69) is 21.2 Å². The van der Waals surface area contributed by atoms with Crippen LogP contribution in [-0.2, 0) is 4.79 Å². The van der Waals surface area contributed by atoms with Gasteiger partial charge in [-0.05, 0) is 71.2 Å². The Morgan fingerprint density at radius 3 is 2.74 bits per heavy atom. The maximum atomic E-state index is 12.5. The smallest absolute Gasteiger partial charge is 0.266 e. The highest BCUT2D eigenvalue weighted by Gasteiger charge is 2.14. The van der Waals surface area contributed by atoms with Crippen LogP contribution in [0.1, 0.15) is 18.1 Å². The molecule has 0 aromatic heterocycles. The van der Waals surface area contributed by atoms with Gasteiger partial charge < -0.3 is 14.8 Å². The molecule has 0 spiro atoms. The summed E-state index contributed by atoms with van der Waals surface area (Å²) in [7, 11) is 1.54. The predicted molar refractivity (Wildman–Crippen MR) is 110 cm³/mol. The van der Waals surface area contributed by atoms with Gasteiger partial charge in [0.15, 0.2) is 11.5 Å². The summed E-state index contributed by atoms with van der Waals surface area (Å²) in [5.41, 5.74) is 1.98. The summed E-state index contributed by atoms with van der Waals surface area (Å²) in [6.07, 6.45) is 1.49. The average molecular weight is 450 g/mol. The number of aryl methyl sites for hydroxylation is 1. The van der Waals surface area contributed by atoms with Crippen molar-refractivity contribution >= 4 is 45.2 Å². The number of nitrogens with zero attached hydrogens (tertiary/aromatic N) is 1. The Bertz CT molecular complexity index is 936. The molecule has 0 atom stereocenters. The number of rotatable bonds is 6. The van der Waals surface area contributed by atoms with Crippen LogP contribution in [-0.4, -0.2) is 19.6 Å². The molecule has 0 fully saturated rings. The van der Waals surface area contributed by atoms with Gasteiger partial charge in [-0.25, -0.2) is 0 Å². The van der Waals surface area contributed by atoms with Gasteiger partial charge in [-0.1, -0.05) is 17.7 Å². The van der Waals surface area contributed by atoms with Gasteiger partial charge in [-0.3, -0.25) is 4.79 Å². The zero-order chi connectivity index (χ0) is 20.0. The van der Waals surface area contributed by atoms with E-state index in [0.717, 1.165) is 5.56 Å². The van der Waals surface area contributed by atoms with Gasteiger partial charge in [0.05, 0.1) is 18.2 Å². The molecule has 0 radical (unpaired) electrons. The van der Waals surface area contributed by atoms with E-state index < -0.39 is 5.91 Å². The predicted octanol–water partition coefficient (Wildman–Crippen LogP) is 5.36. The first-order chi connectivity index (χ1) is 12.9.